The molecule has 0 radical (unpaired) electrons. The van der Waals surface area contributed by atoms with Crippen molar-refractivity contribution in [2.24, 2.45) is 5.41 Å². The van der Waals surface area contributed by atoms with Crippen molar-refractivity contribution >= 4 is 22.9 Å². The highest BCUT2D eigenvalue weighted by atomic mass is 35.5. The largest absolute Gasteiger partial charge is 0.298 e. The van der Waals surface area contributed by atoms with Crippen LogP contribution in [0.15, 0.2) is 29.8 Å². The van der Waals surface area contributed by atoms with Crippen molar-refractivity contribution in [1.82, 2.24) is 0 Å². The van der Waals surface area contributed by atoms with E-state index in [4.69, 9.17) is 11.6 Å². The normalized spacial score (nSPS) is 18.9. The number of carbonyl (C=O) groups is 1. The van der Waals surface area contributed by atoms with Gasteiger partial charge >= 0.3 is 0 Å². The van der Waals surface area contributed by atoms with E-state index in [2.05, 4.69) is 19.9 Å². The van der Waals surface area contributed by atoms with E-state index >= 15 is 0 Å². The first-order chi connectivity index (χ1) is 7.53. The van der Waals surface area contributed by atoms with Gasteiger partial charge in [0.25, 0.3) is 0 Å². The molecule has 16 heavy (non-hydrogen) atoms. The lowest BCUT2D eigenvalue weighted by Crippen LogP contribution is -2.15. The second-order valence-corrected chi connectivity index (χ2v) is 5.51. The number of aldehydes is 1. The molecule has 0 amide bonds. The first-order valence-electron chi connectivity index (χ1n) is 5.45. The summed E-state index contributed by atoms with van der Waals surface area (Å²) in [7, 11) is 0. The van der Waals surface area contributed by atoms with Crippen molar-refractivity contribution in [3.8, 4) is 0 Å². The summed E-state index contributed by atoms with van der Waals surface area (Å²) in [6.45, 7) is 4.34. The third kappa shape index (κ3) is 2.05. The Morgan fingerprint density at radius 3 is 2.62 bits per heavy atom. The molecular formula is C14H15ClO. The second-order valence-electron chi connectivity index (χ2n) is 5.13. The number of hydrogen-bond acceptors (Lipinski definition) is 1. The van der Waals surface area contributed by atoms with Crippen LogP contribution in [0.4, 0.5) is 0 Å². The van der Waals surface area contributed by atoms with Gasteiger partial charge in [-0.25, -0.2) is 0 Å². The number of benzene rings is 1. The van der Waals surface area contributed by atoms with Crippen LogP contribution in [0.1, 0.15) is 31.4 Å². The minimum atomic E-state index is 0.0863. The standard InChI is InChI=1S/C14H15ClO/c1-14(2)7-10-5-3-4-6-12(10)13(15)11(8-14)9-16/h3-6,9H,7-8H2,1-2H3. The van der Waals surface area contributed by atoms with Gasteiger partial charge < -0.3 is 0 Å². The van der Waals surface area contributed by atoms with Gasteiger partial charge in [0.15, 0.2) is 0 Å². The zero-order valence-electron chi connectivity index (χ0n) is 9.59. The van der Waals surface area contributed by atoms with Gasteiger partial charge in [0, 0.05) is 5.57 Å². The molecule has 1 aromatic carbocycles. The molecule has 0 fully saturated rings. The van der Waals surface area contributed by atoms with Gasteiger partial charge in [-0.2, -0.15) is 0 Å². The fourth-order valence-corrected chi connectivity index (χ4v) is 2.62. The van der Waals surface area contributed by atoms with Gasteiger partial charge in [0.1, 0.15) is 6.29 Å². The Kier molecular flexibility index (Phi) is 2.90. The molecule has 0 bridgehead atoms. The zero-order chi connectivity index (χ0) is 11.8. The third-order valence-corrected chi connectivity index (χ3v) is 3.46. The molecule has 0 saturated heterocycles. The number of fused-ring (bicyclic) bond motifs is 1. The molecule has 1 aromatic rings. The average molecular weight is 235 g/mol. The first-order valence-corrected chi connectivity index (χ1v) is 5.83. The molecule has 1 aliphatic carbocycles. The molecule has 0 N–H and O–H groups in total. The number of carbonyl (C=O) groups excluding carboxylic acids is 1. The van der Waals surface area contributed by atoms with E-state index in [1.165, 1.54) is 5.56 Å². The van der Waals surface area contributed by atoms with E-state index in [1.807, 2.05) is 18.2 Å². The predicted molar refractivity (Wildman–Crippen MR) is 67.4 cm³/mol. The Morgan fingerprint density at radius 2 is 1.94 bits per heavy atom. The molecule has 2 rings (SSSR count). The second kappa shape index (κ2) is 4.06. The topological polar surface area (TPSA) is 17.1 Å². The number of hydrogen-bond donors (Lipinski definition) is 0. The SMILES string of the molecule is CC1(C)CC(C=O)=C(Cl)c2ccccc2C1. The van der Waals surface area contributed by atoms with Crippen LogP contribution in [0.25, 0.3) is 5.03 Å². The van der Waals surface area contributed by atoms with Gasteiger partial charge in [0.05, 0.1) is 5.03 Å². The molecule has 0 unspecified atom stereocenters. The van der Waals surface area contributed by atoms with Crippen LogP contribution < -0.4 is 0 Å². The van der Waals surface area contributed by atoms with Crippen LogP contribution >= 0.6 is 11.6 Å². The Morgan fingerprint density at radius 1 is 1.25 bits per heavy atom. The van der Waals surface area contributed by atoms with E-state index in [-0.39, 0.29) is 5.41 Å². The van der Waals surface area contributed by atoms with E-state index in [0.29, 0.717) is 5.03 Å². The van der Waals surface area contributed by atoms with Crippen LogP contribution in [0, 0.1) is 5.41 Å². The molecule has 0 aromatic heterocycles. The van der Waals surface area contributed by atoms with Crippen molar-refractivity contribution in [2.75, 3.05) is 0 Å². The number of halogens is 1. The number of rotatable bonds is 1. The summed E-state index contributed by atoms with van der Waals surface area (Å²) < 4.78 is 0. The van der Waals surface area contributed by atoms with Gasteiger partial charge in [-0.1, -0.05) is 49.7 Å². The Bertz CT molecular complexity index is 458. The summed E-state index contributed by atoms with van der Waals surface area (Å²) in [5.74, 6) is 0. The maximum atomic E-state index is 11.1. The maximum Gasteiger partial charge on any atom is 0.147 e. The van der Waals surface area contributed by atoms with E-state index < -0.39 is 0 Å². The monoisotopic (exact) mass is 234 g/mol. The van der Waals surface area contributed by atoms with Gasteiger partial charge in [0.2, 0.25) is 0 Å². The fraction of sp³-hybridized carbons (Fsp3) is 0.357. The van der Waals surface area contributed by atoms with Crippen LogP contribution in [0.3, 0.4) is 0 Å². The van der Waals surface area contributed by atoms with Gasteiger partial charge in [-0.05, 0) is 29.4 Å². The molecule has 2 heteroatoms. The Hall–Kier alpha value is -1.08. The quantitative estimate of drug-likeness (QED) is 0.676. The van der Waals surface area contributed by atoms with Gasteiger partial charge in [-0.15, -0.1) is 0 Å². The molecule has 84 valence electrons. The van der Waals surface area contributed by atoms with Gasteiger partial charge in [-0.3, -0.25) is 4.79 Å². The van der Waals surface area contributed by atoms with Crippen molar-refractivity contribution in [2.45, 2.75) is 26.7 Å². The summed E-state index contributed by atoms with van der Waals surface area (Å²) in [4.78, 5) is 11.1. The Balaban J connectivity index is 2.63. The van der Waals surface area contributed by atoms with E-state index in [0.717, 1.165) is 30.3 Å². The summed E-state index contributed by atoms with van der Waals surface area (Å²) in [5.41, 5.74) is 3.05. The lowest BCUT2D eigenvalue weighted by Gasteiger charge is -2.22. The van der Waals surface area contributed by atoms with Crippen molar-refractivity contribution < 1.29 is 4.79 Å². The predicted octanol–water partition coefficient (Wildman–Crippen LogP) is 3.81. The van der Waals surface area contributed by atoms with Crippen molar-refractivity contribution in [1.29, 1.82) is 0 Å². The fourth-order valence-electron chi connectivity index (χ4n) is 2.33. The van der Waals surface area contributed by atoms with Crippen LogP contribution in [-0.2, 0) is 11.2 Å². The van der Waals surface area contributed by atoms with Crippen molar-refractivity contribution in [3.63, 3.8) is 0 Å². The molecule has 0 spiro atoms. The molecule has 0 atom stereocenters. The minimum Gasteiger partial charge on any atom is -0.298 e. The molecule has 0 aliphatic heterocycles. The summed E-state index contributed by atoms with van der Waals surface area (Å²) in [6.07, 6.45) is 2.59. The third-order valence-electron chi connectivity index (χ3n) is 3.02. The minimum absolute atomic E-state index is 0.0863. The van der Waals surface area contributed by atoms with Crippen LogP contribution in [0.5, 0.6) is 0 Å². The maximum absolute atomic E-state index is 11.1. The van der Waals surface area contributed by atoms with E-state index in [1.54, 1.807) is 0 Å². The van der Waals surface area contributed by atoms with Crippen LogP contribution in [0.2, 0.25) is 0 Å². The zero-order valence-corrected chi connectivity index (χ0v) is 10.3. The summed E-state index contributed by atoms with van der Waals surface area (Å²) in [5, 5.41) is 0.621. The average Bonchev–Trinajstić information content (AvgIpc) is 2.34. The first kappa shape index (κ1) is 11.4. The number of allylic oxidation sites excluding steroid dienone is 1. The van der Waals surface area contributed by atoms with Crippen molar-refractivity contribution in [3.05, 3.63) is 41.0 Å². The molecular weight excluding hydrogens is 220 g/mol. The summed E-state index contributed by atoms with van der Waals surface area (Å²) in [6, 6.07) is 8.06. The molecule has 1 nitrogen and oxygen atoms in total. The highest BCUT2D eigenvalue weighted by Crippen LogP contribution is 2.39. The lowest BCUT2D eigenvalue weighted by molar-refractivity contribution is -0.105. The van der Waals surface area contributed by atoms with E-state index in [9.17, 15) is 4.79 Å². The molecule has 0 heterocycles. The molecule has 0 saturated carbocycles. The summed E-state index contributed by atoms with van der Waals surface area (Å²) >= 11 is 6.29. The highest BCUT2D eigenvalue weighted by molar-refractivity contribution is 6.50. The Labute approximate surface area is 101 Å². The smallest absolute Gasteiger partial charge is 0.147 e. The molecule has 1 aliphatic rings. The highest BCUT2D eigenvalue weighted by Gasteiger charge is 2.27. The lowest BCUT2D eigenvalue weighted by atomic mass is 9.82. The van der Waals surface area contributed by atoms with Crippen LogP contribution in [-0.4, -0.2) is 6.29 Å².